The van der Waals surface area contributed by atoms with E-state index in [0.29, 0.717) is 37.0 Å². The van der Waals surface area contributed by atoms with Gasteiger partial charge in [-0.1, -0.05) is 18.2 Å². The first-order valence-electron chi connectivity index (χ1n) is 10.5. The number of carbonyl (C=O) groups is 1. The topological polar surface area (TPSA) is 67.8 Å². The van der Waals surface area contributed by atoms with E-state index in [1.54, 1.807) is 18.9 Å². The maximum atomic E-state index is 12.8. The Bertz CT molecular complexity index is 1030. The Hall–Kier alpha value is -3.26. The van der Waals surface area contributed by atoms with Crippen LogP contribution in [0.2, 0.25) is 0 Å². The van der Waals surface area contributed by atoms with Crippen LogP contribution < -0.4 is 14.4 Å². The molecule has 0 aliphatic carbocycles. The molecule has 8 heteroatoms. The fourth-order valence-corrected chi connectivity index (χ4v) is 4.41. The molecule has 1 aliphatic heterocycles. The van der Waals surface area contributed by atoms with Crippen molar-refractivity contribution in [2.75, 3.05) is 37.4 Å². The summed E-state index contributed by atoms with van der Waals surface area (Å²) in [5.74, 6) is 3.32. The summed E-state index contributed by atoms with van der Waals surface area (Å²) < 4.78 is 11.0. The molecule has 0 saturated carbocycles. The number of thioether (sulfide) groups is 1. The van der Waals surface area contributed by atoms with Gasteiger partial charge in [-0.25, -0.2) is 9.97 Å². The average Bonchev–Trinajstić information content (AvgIpc) is 2.84. The summed E-state index contributed by atoms with van der Waals surface area (Å²) in [6.07, 6.45) is 1.51. The first-order valence-corrected chi connectivity index (χ1v) is 11.5. The van der Waals surface area contributed by atoms with Crippen LogP contribution in [0.15, 0.2) is 71.9 Å². The number of carbonyl (C=O) groups excluding carboxylic acids is 1. The van der Waals surface area contributed by atoms with Crippen molar-refractivity contribution in [1.29, 1.82) is 0 Å². The molecule has 4 rings (SSSR count). The molecule has 166 valence electrons. The highest BCUT2D eigenvalue weighted by Crippen LogP contribution is 2.26. The Labute approximate surface area is 192 Å². The summed E-state index contributed by atoms with van der Waals surface area (Å²) in [6, 6.07) is 19.3. The van der Waals surface area contributed by atoms with Crippen molar-refractivity contribution in [3.05, 3.63) is 67.0 Å². The fourth-order valence-electron chi connectivity index (χ4n) is 3.60. The third-order valence-electron chi connectivity index (χ3n) is 5.29. The highest BCUT2D eigenvalue weighted by atomic mass is 32.2. The van der Waals surface area contributed by atoms with Crippen LogP contribution >= 0.6 is 11.8 Å². The molecular formula is C24H26N4O3S. The minimum atomic E-state index is 0.0912. The Morgan fingerprint density at radius 3 is 2.53 bits per heavy atom. The second kappa shape index (κ2) is 10.4. The molecule has 0 radical (unpaired) electrons. The number of amides is 1. The van der Waals surface area contributed by atoms with Crippen molar-refractivity contribution in [2.45, 2.75) is 17.9 Å². The van der Waals surface area contributed by atoms with Crippen LogP contribution in [-0.2, 0) is 4.79 Å². The van der Waals surface area contributed by atoms with E-state index in [9.17, 15) is 4.79 Å². The van der Waals surface area contributed by atoms with Gasteiger partial charge in [0.25, 0.3) is 0 Å². The smallest absolute Gasteiger partial charge is 0.233 e. The number of anilines is 1. The maximum absolute atomic E-state index is 12.8. The lowest BCUT2D eigenvalue weighted by atomic mass is 10.2. The predicted octanol–water partition coefficient (Wildman–Crippen LogP) is 4.11. The summed E-state index contributed by atoms with van der Waals surface area (Å²) >= 11 is 1.58. The van der Waals surface area contributed by atoms with Gasteiger partial charge in [0.2, 0.25) is 11.8 Å². The molecule has 2 aromatic carbocycles. The van der Waals surface area contributed by atoms with Crippen LogP contribution in [0, 0.1) is 0 Å². The van der Waals surface area contributed by atoms with Gasteiger partial charge in [-0.05, 0) is 43.3 Å². The zero-order valence-electron chi connectivity index (χ0n) is 18.2. The number of piperazine rings is 1. The molecule has 1 fully saturated rings. The van der Waals surface area contributed by atoms with Gasteiger partial charge < -0.3 is 19.3 Å². The molecule has 32 heavy (non-hydrogen) atoms. The highest BCUT2D eigenvalue weighted by molar-refractivity contribution is 8.00. The van der Waals surface area contributed by atoms with Gasteiger partial charge >= 0.3 is 0 Å². The molecule has 7 nitrogen and oxygen atoms in total. The van der Waals surface area contributed by atoms with E-state index in [4.69, 9.17) is 9.47 Å². The fraction of sp³-hybridized carbons (Fsp3) is 0.292. The number of methoxy groups -OCH3 is 1. The highest BCUT2D eigenvalue weighted by Gasteiger charge is 2.28. The third-order valence-corrected chi connectivity index (χ3v) is 6.28. The number of ether oxygens (including phenoxy) is 2. The molecule has 3 aromatic rings. The Balaban J connectivity index is 1.34. The van der Waals surface area contributed by atoms with Crippen molar-refractivity contribution in [3.8, 4) is 17.4 Å². The van der Waals surface area contributed by atoms with E-state index in [1.807, 2.05) is 65.6 Å². The molecule has 0 unspecified atom stereocenters. The Morgan fingerprint density at radius 1 is 1.06 bits per heavy atom. The molecule has 0 spiro atoms. The summed E-state index contributed by atoms with van der Waals surface area (Å²) in [5, 5.41) is 0. The average molecular weight is 451 g/mol. The van der Waals surface area contributed by atoms with Gasteiger partial charge in [0.1, 0.15) is 23.6 Å². The minimum Gasteiger partial charge on any atom is -0.497 e. The standard InChI is InChI=1S/C24H26N4O3S/c1-18-15-27(12-13-28(18)24(29)16-32-21-6-4-3-5-7-21)22-14-23(26-17-25-22)31-20-10-8-19(30-2)9-11-20/h3-11,14,17-18H,12-13,15-16H2,1-2H3/t18-/m1/s1. The monoisotopic (exact) mass is 450 g/mol. The van der Waals surface area contributed by atoms with Gasteiger partial charge in [0.05, 0.1) is 12.9 Å². The number of rotatable bonds is 7. The van der Waals surface area contributed by atoms with E-state index >= 15 is 0 Å². The number of hydrogen-bond donors (Lipinski definition) is 0. The predicted molar refractivity (Wildman–Crippen MR) is 126 cm³/mol. The molecule has 2 heterocycles. The lowest BCUT2D eigenvalue weighted by Gasteiger charge is -2.40. The van der Waals surface area contributed by atoms with E-state index < -0.39 is 0 Å². The normalized spacial score (nSPS) is 16.0. The number of hydrogen-bond acceptors (Lipinski definition) is 7. The third kappa shape index (κ3) is 5.50. The van der Waals surface area contributed by atoms with Gasteiger partial charge in [-0.15, -0.1) is 11.8 Å². The zero-order chi connectivity index (χ0) is 22.3. The van der Waals surface area contributed by atoms with Crippen LogP contribution in [0.1, 0.15) is 6.92 Å². The van der Waals surface area contributed by atoms with Crippen molar-refractivity contribution < 1.29 is 14.3 Å². The van der Waals surface area contributed by atoms with Crippen LogP contribution in [-0.4, -0.2) is 59.3 Å². The molecule has 1 atom stereocenters. The first-order chi connectivity index (χ1) is 15.6. The van der Waals surface area contributed by atoms with Gasteiger partial charge in [-0.2, -0.15) is 0 Å². The first kappa shape index (κ1) is 22.0. The molecular weight excluding hydrogens is 424 g/mol. The Kier molecular flexibility index (Phi) is 7.11. The molecule has 1 amide bonds. The van der Waals surface area contributed by atoms with Crippen molar-refractivity contribution in [3.63, 3.8) is 0 Å². The largest absolute Gasteiger partial charge is 0.497 e. The summed E-state index contributed by atoms with van der Waals surface area (Å²) in [4.78, 5) is 26.6. The zero-order valence-corrected chi connectivity index (χ0v) is 19.0. The van der Waals surface area contributed by atoms with Crippen molar-refractivity contribution in [2.24, 2.45) is 0 Å². The lowest BCUT2D eigenvalue weighted by Crippen LogP contribution is -2.54. The van der Waals surface area contributed by atoms with Crippen LogP contribution in [0.25, 0.3) is 0 Å². The summed E-state index contributed by atoms with van der Waals surface area (Å²) in [6.45, 7) is 4.16. The second-order valence-corrected chi connectivity index (χ2v) is 8.52. The minimum absolute atomic E-state index is 0.0912. The van der Waals surface area contributed by atoms with Gasteiger partial charge in [0.15, 0.2) is 0 Å². The molecule has 0 bridgehead atoms. The Morgan fingerprint density at radius 2 is 1.81 bits per heavy atom. The van der Waals surface area contributed by atoms with Crippen molar-refractivity contribution in [1.82, 2.24) is 14.9 Å². The molecule has 1 saturated heterocycles. The molecule has 0 N–H and O–H groups in total. The second-order valence-electron chi connectivity index (χ2n) is 7.48. The summed E-state index contributed by atoms with van der Waals surface area (Å²) in [5.41, 5.74) is 0. The number of nitrogens with zero attached hydrogens (tertiary/aromatic N) is 4. The summed E-state index contributed by atoms with van der Waals surface area (Å²) in [7, 11) is 1.63. The number of aromatic nitrogens is 2. The van der Waals surface area contributed by atoms with E-state index in [-0.39, 0.29) is 11.9 Å². The van der Waals surface area contributed by atoms with Crippen LogP contribution in [0.5, 0.6) is 17.4 Å². The van der Waals surface area contributed by atoms with Crippen LogP contribution in [0.4, 0.5) is 5.82 Å². The number of benzene rings is 2. The molecule has 1 aliphatic rings. The van der Waals surface area contributed by atoms with E-state index in [0.717, 1.165) is 16.5 Å². The van der Waals surface area contributed by atoms with E-state index in [1.165, 1.54) is 6.33 Å². The van der Waals surface area contributed by atoms with Gasteiger partial charge in [0, 0.05) is 36.6 Å². The van der Waals surface area contributed by atoms with Crippen LogP contribution in [0.3, 0.4) is 0 Å². The molecule has 1 aromatic heterocycles. The van der Waals surface area contributed by atoms with Gasteiger partial charge in [-0.3, -0.25) is 4.79 Å². The quantitative estimate of drug-likeness (QED) is 0.502. The lowest BCUT2D eigenvalue weighted by molar-refractivity contribution is -0.130. The van der Waals surface area contributed by atoms with E-state index in [2.05, 4.69) is 21.8 Å². The van der Waals surface area contributed by atoms with Crippen molar-refractivity contribution >= 4 is 23.5 Å². The SMILES string of the molecule is COc1ccc(Oc2cc(N3CCN(C(=O)CSc4ccccc4)[C@H](C)C3)ncn2)cc1. The maximum Gasteiger partial charge on any atom is 0.233 e.